The number of halogens is 1. The molecule has 0 radical (unpaired) electrons. The van der Waals surface area contributed by atoms with E-state index >= 15 is 0 Å². The molecule has 3 amide bonds. The van der Waals surface area contributed by atoms with E-state index in [9.17, 15) is 9.59 Å². The van der Waals surface area contributed by atoms with Gasteiger partial charge in [-0.2, -0.15) is 0 Å². The maximum Gasteiger partial charge on any atom is 0.320 e. The number of rotatable bonds is 3. The van der Waals surface area contributed by atoms with Crippen molar-refractivity contribution in [2.75, 3.05) is 33.2 Å². The fourth-order valence-electron chi connectivity index (χ4n) is 3.18. The summed E-state index contributed by atoms with van der Waals surface area (Å²) in [5, 5.41) is 0. The van der Waals surface area contributed by atoms with E-state index in [1.807, 2.05) is 72.3 Å². The van der Waals surface area contributed by atoms with E-state index in [2.05, 4.69) is 15.9 Å². The first-order chi connectivity index (χ1) is 13.0. The van der Waals surface area contributed by atoms with Gasteiger partial charge in [-0.1, -0.05) is 52.3 Å². The van der Waals surface area contributed by atoms with Crippen molar-refractivity contribution in [1.82, 2.24) is 14.7 Å². The van der Waals surface area contributed by atoms with Crippen LogP contribution >= 0.6 is 15.9 Å². The number of hydrogen-bond acceptors (Lipinski definition) is 2. The predicted octanol–water partition coefficient (Wildman–Crippen LogP) is 3.77. The Labute approximate surface area is 168 Å². The highest BCUT2D eigenvalue weighted by Crippen LogP contribution is 2.19. The van der Waals surface area contributed by atoms with Crippen LogP contribution in [0.5, 0.6) is 0 Å². The highest BCUT2D eigenvalue weighted by Gasteiger charge is 2.26. The van der Waals surface area contributed by atoms with Crippen LogP contribution in [0.1, 0.15) is 21.5 Å². The second kappa shape index (κ2) is 8.57. The van der Waals surface area contributed by atoms with Crippen molar-refractivity contribution in [3.05, 3.63) is 69.7 Å². The first-order valence-electron chi connectivity index (χ1n) is 9.05. The molecule has 2 aromatic carbocycles. The van der Waals surface area contributed by atoms with Gasteiger partial charge in [-0.25, -0.2) is 4.79 Å². The molecule has 0 N–H and O–H groups in total. The van der Waals surface area contributed by atoms with Crippen molar-refractivity contribution in [2.45, 2.75) is 13.5 Å². The van der Waals surface area contributed by atoms with Gasteiger partial charge in [0.2, 0.25) is 0 Å². The highest BCUT2D eigenvalue weighted by atomic mass is 79.9. The Hall–Kier alpha value is -2.34. The number of urea groups is 1. The van der Waals surface area contributed by atoms with Crippen LogP contribution in [-0.2, 0) is 6.54 Å². The Bertz CT molecular complexity index is 817. The van der Waals surface area contributed by atoms with Crippen LogP contribution in [0.4, 0.5) is 4.79 Å². The van der Waals surface area contributed by atoms with Crippen molar-refractivity contribution in [3.63, 3.8) is 0 Å². The van der Waals surface area contributed by atoms with Crippen molar-refractivity contribution in [3.8, 4) is 0 Å². The Balaban J connectivity index is 1.55. The molecule has 0 spiro atoms. The first kappa shape index (κ1) is 19.4. The molecular formula is C21H24BrN3O2. The van der Waals surface area contributed by atoms with Crippen LogP contribution in [0.25, 0.3) is 0 Å². The minimum Gasteiger partial charge on any atom is -0.335 e. The van der Waals surface area contributed by atoms with Crippen LogP contribution in [0.3, 0.4) is 0 Å². The van der Waals surface area contributed by atoms with Gasteiger partial charge in [-0.05, 0) is 30.2 Å². The van der Waals surface area contributed by atoms with Gasteiger partial charge in [-0.3, -0.25) is 4.79 Å². The van der Waals surface area contributed by atoms with Gasteiger partial charge in [0.1, 0.15) is 0 Å². The first-order valence-corrected chi connectivity index (χ1v) is 9.84. The quantitative estimate of drug-likeness (QED) is 0.744. The van der Waals surface area contributed by atoms with E-state index in [0.29, 0.717) is 38.3 Å². The molecule has 0 saturated carbocycles. The molecule has 0 bridgehead atoms. The third kappa shape index (κ3) is 4.69. The summed E-state index contributed by atoms with van der Waals surface area (Å²) < 4.78 is 0.935. The van der Waals surface area contributed by atoms with E-state index in [0.717, 1.165) is 15.6 Å². The van der Waals surface area contributed by atoms with E-state index in [1.165, 1.54) is 0 Å². The second-order valence-corrected chi connectivity index (χ2v) is 7.72. The molecule has 0 unspecified atom stereocenters. The maximum atomic E-state index is 12.7. The Morgan fingerprint density at radius 2 is 1.63 bits per heavy atom. The van der Waals surface area contributed by atoms with Crippen LogP contribution < -0.4 is 0 Å². The fraction of sp³-hybridized carbons (Fsp3) is 0.333. The molecule has 5 nitrogen and oxygen atoms in total. The molecule has 3 rings (SSSR count). The summed E-state index contributed by atoms with van der Waals surface area (Å²) in [6.07, 6.45) is 0. The van der Waals surface area contributed by atoms with E-state index < -0.39 is 0 Å². The van der Waals surface area contributed by atoms with Crippen molar-refractivity contribution in [2.24, 2.45) is 0 Å². The Morgan fingerprint density at radius 3 is 2.26 bits per heavy atom. The summed E-state index contributed by atoms with van der Waals surface area (Å²) in [5.74, 6) is 0.0143. The predicted molar refractivity (Wildman–Crippen MR) is 110 cm³/mol. The minimum atomic E-state index is 0.00373. The molecule has 1 aliphatic heterocycles. The van der Waals surface area contributed by atoms with Gasteiger partial charge in [0.05, 0.1) is 0 Å². The van der Waals surface area contributed by atoms with Gasteiger partial charge in [0, 0.05) is 49.8 Å². The molecule has 6 heteroatoms. The lowest BCUT2D eigenvalue weighted by molar-refractivity contribution is 0.0644. The SMILES string of the molecule is Cc1ccc(C(=O)N2CCN(C(=O)N(C)Cc3ccccc3)CC2)cc1Br. The molecule has 142 valence electrons. The lowest BCUT2D eigenvalue weighted by Crippen LogP contribution is -2.53. The summed E-state index contributed by atoms with van der Waals surface area (Å²) in [6, 6.07) is 15.6. The molecule has 2 aromatic rings. The molecule has 0 aromatic heterocycles. The van der Waals surface area contributed by atoms with Crippen molar-refractivity contribution < 1.29 is 9.59 Å². The van der Waals surface area contributed by atoms with Crippen LogP contribution in [0.15, 0.2) is 53.0 Å². The largest absolute Gasteiger partial charge is 0.335 e. The third-order valence-corrected chi connectivity index (χ3v) is 5.70. The lowest BCUT2D eigenvalue weighted by Gasteiger charge is -2.36. The zero-order valence-corrected chi connectivity index (χ0v) is 17.3. The van der Waals surface area contributed by atoms with Crippen molar-refractivity contribution >= 4 is 27.9 Å². The molecule has 1 heterocycles. The van der Waals surface area contributed by atoms with E-state index in [1.54, 1.807) is 4.90 Å². The average Bonchev–Trinajstić information content (AvgIpc) is 2.70. The molecule has 1 aliphatic rings. The smallest absolute Gasteiger partial charge is 0.320 e. The number of carbonyl (C=O) groups excluding carboxylic acids is 2. The molecular weight excluding hydrogens is 406 g/mol. The third-order valence-electron chi connectivity index (χ3n) is 4.85. The monoisotopic (exact) mass is 429 g/mol. The average molecular weight is 430 g/mol. The van der Waals surface area contributed by atoms with Gasteiger partial charge in [0.25, 0.3) is 5.91 Å². The van der Waals surface area contributed by atoms with Gasteiger partial charge >= 0.3 is 6.03 Å². The zero-order valence-electron chi connectivity index (χ0n) is 15.7. The zero-order chi connectivity index (χ0) is 19.4. The number of benzene rings is 2. The number of amides is 3. The molecule has 27 heavy (non-hydrogen) atoms. The molecule has 0 atom stereocenters. The molecule has 1 fully saturated rings. The van der Waals surface area contributed by atoms with Crippen LogP contribution in [0.2, 0.25) is 0 Å². The highest BCUT2D eigenvalue weighted by molar-refractivity contribution is 9.10. The maximum absolute atomic E-state index is 12.7. The summed E-state index contributed by atoms with van der Waals surface area (Å²) in [4.78, 5) is 30.7. The van der Waals surface area contributed by atoms with Crippen LogP contribution in [0, 0.1) is 6.92 Å². The van der Waals surface area contributed by atoms with Gasteiger partial charge in [-0.15, -0.1) is 0 Å². The van der Waals surface area contributed by atoms with Gasteiger partial charge in [0.15, 0.2) is 0 Å². The van der Waals surface area contributed by atoms with Crippen molar-refractivity contribution in [1.29, 1.82) is 0 Å². The second-order valence-electron chi connectivity index (χ2n) is 6.87. The normalized spacial score (nSPS) is 14.2. The standard InChI is InChI=1S/C21H24BrN3O2/c1-16-8-9-18(14-19(16)22)20(26)24-10-12-25(13-11-24)21(27)23(2)15-17-6-4-3-5-7-17/h3-9,14H,10-13,15H2,1-2H3. The summed E-state index contributed by atoms with van der Waals surface area (Å²) in [5.41, 5.74) is 2.88. The summed E-state index contributed by atoms with van der Waals surface area (Å²) in [6.45, 7) is 4.78. The Kier molecular flexibility index (Phi) is 6.16. The number of piperazine rings is 1. The molecule has 0 aliphatic carbocycles. The minimum absolute atomic E-state index is 0.00373. The van der Waals surface area contributed by atoms with Crippen LogP contribution in [-0.4, -0.2) is 59.9 Å². The number of nitrogens with zero attached hydrogens (tertiary/aromatic N) is 3. The lowest BCUT2D eigenvalue weighted by atomic mass is 10.1. The van der Waals surface area contributed by atoms with Gasteiger partial charge < -0.3 is 14.7 Å². The van der Waals surface area contributed by atoms with E-state index in [-0.39, 0.29) is 11.9 Å². The summed E-state index contributed by atoms with van der Waals surface area (Å²) in [7, 11) is 1.82. The number of carbonyl (C=O) groups is 2. The fourth-order valence-corrected chi connectivity index (χ4v) is 3.55. The van der Waals surface area contributed by atoms with E-state index in [4.69, 9.17) is 0 Å². The Morgan fingerprint density at radius 1 is 1.00 bits per heavy atom. The number of hydrogen-bond donors (Lipinski definition) is 0. The topological polar surface area (TPSA) is 43.9 Å². The summed E-state index contributed by atoms with van der Waals surface area (Å²) >= 11 is 3.48. The number of aryl methyl sites for hydroxylation is 1. The molecule has 1 saturated heterocycles.